The first-order valence-corrected chi connectivity index (χ1v) is 9.03. The molecule has 0 aromatic carbocycles. The van der Waals surface area contributed by atoms with Gasteiger partial charge in [-0.05, 0) is 42.2 Å². The monoisotopic (exact) mass is 336 g/mol. The number of carboxylic acid groups (broad SMARTS) is 2. The summed E-state index contributed by atoms with van der Waals surface area (Å²) in [5.41, 5.74) is 0.544. The molecule has 0 aliphatic heterocycles. The van der Waals surface area contributed by atoms with Gasteiger partial charge >= 0.3 is 11.9 Å². The number of allylic oxidation sites excluding steroid dienone is 2. The number of carbonyl (C=O) groups is 2. The highest BCUT2D eigenvalue weighted by Crippen LogP contribution is 2.49. The van der Waals surface area contributed by atoms with Crippen LogP contribution in [0, 0.1) is 23.2 Å². The van der Waals surface area contributed by atoms with E-state index >= 15 is 0 Å². The molecule has 0 saturated carbocycles. The molecule has 4 nitrogen and oxygen atoms in total. The van der Waals surface area contributed by atoms with Crippen molar-refractivity contribution in [2.24, 2.45) is 23.2 Å². The SMILES string of the molecule is CCCCC1(C(=O)O)C(CC(C)C)=C(CC(C)C)C=CC1C(=O)O. The zero-order valence-corrected chi connectivity index (χ0v) is 15.6. The van der Waals surface area contributed by atoms with Crippen molar-refractivity contribution in [2.75, 3.05) is 0 Å². The topological polar surface area (TPSA) is 74.6 Å². The van der Waals surface area contributed by atoms with Gasteiger partial charge in [0.25, 0.3) is 0 Å². The number of aliphatic carboxylic acids is 2. The average molecular weight is 336 g/mol. The lowest BCUT2D eigenvalue weighted by Gasteiger charge is -2.41. The maximum atomic E-state index is 12.4. The molecule has 0 spiro atoms. The molecule has 1 aliphatic carbocycles. The van der Waals surface area contributed by atoms with Crippen LogP contribution in [0.3, 0.4) is 0 Å². The highest BCUT2D eigenvalue weighted by molar-refractivity contribution is 5.89. The van der Waals surface area contributed by atoms with Crippen LogP contribution in [-0.4, -0.2) is 22.2 Å². The molecule has 0 amide bonds. The minimum atomic E-state index is -1.31. The third-order valence-electron chi connectivity index (χ3n) is 4.76. The lowest BCUT2D eigenvalue weighted by molar-refractivity contribution is -0.158. The van der Waals surface area contributed by atoms with Gasteiger partial charge in [0.05, 0.1) is 5.92 Å². The van der Waals surface area contributed by atoms with Crippen molar-refractivity contribution in [3.63, 3.8) is 0 Å². The third-order valence-corrected chi connectivity index (χ3v) is 4.76. The van der Waals surface area contributed by atoms with Crippen LogP contribution < -0.4 is 0 Å². The molecule has 2 unspecified atom stereocenters. The van der Waals surface area contributed by atoms with E-state index in [4.69, 9.17) is 0 Å². The van der Waals surface area contributed by atoms with E-state index < -0.39 is 23.3 Å². The summed E-state index contributed by atoms with van der Waals surface area (Å²) < 4.78 is 0. The van der Waals surface area contributed by atoms with Crippen LogP contribution in [0.15, 0.2) is 23.3 Å². The van der Waals surface area contributed by atoms with Crippen molar-refractivity contribution in [3.8, 4) is 0 Å². The number of hydrogen-bond acceptors (Lipinski definition) is 2. The van der Waals surface area contributed by atoms with Crippen molar-refractivity contribution >= 4 is 11.9 Å². The first-order chi connectivity index (χ1) is 11.2. The van der Waals surface area contributed by atoms with Crippen molar-refractivity contribution in [1.82, 2.24) is 0 Å². The van der Waals surface area contributed by atoms with Crippen LogP contribution in [0.2, 0.25) is 0 Å². The minimum Gasteiger partial charge on any atom is -0.481 e. The Balaban J connectivity index is 3.58. The molecule has 0 radical (unpaired) electrons. The first kappa shape index (κ1) is 20.5. The van der Waals surface area contributed by atoms with Crippen LogP contribution >= 0.6 is 0 Å². The molecule has 2 atom stereocenters. The molecule has 24 heavy (non-hydrogen) atoms. The molecule has 0 aromatic rings. The Bertz CT molecular complexity index is 528. The zero-order valence-electron chi connectivity index (χ0n) is 15.6. The zero-order chi connectivity index (χ0) is 18.5. The summed E-state index contributed by atoms with van der Waals surface area (Å²) >= 11 is 0. The summed E-state index contributed by atoms with van der Waals surface area (Å²) in [6, 6.07) is 0. The molecule has 2 N–H and O–H groups in total. The van der Waals surface area contributed by atoms with E-state index in [1.807, 2.05) is 13.0 Å². The van der Waals surface area contributed by atoms with Crippen LogP contribution in [0.5, 0.6) is 0 Å². The van der Waals surface area contributed by atoms with Gasteiger partial charge in [0.15, 0.2) is 0 Å². The fourth-order valence-electron chi connectivity index (χ4n) is 3.73. The number of rotatable bonds is 9. The van der Waals surface area contributed by atoms with Crippen molar-refractivity contribution in [1.29, 1.82) is 0 Å². The molecular formula is C20H32O4. The summed E-state index contributed by atoms with van der Waals surface area (Å²) in [5, 5.41) is 19.8. The Morgan fingerprint density at radius 3 is 2.12 bits per heavy atom. The molecule has 0 saturated heterocycles. The normalized spacial score (nSPS) is 24.0. The van der Waals surface area contributed by atoms with Gasteiger partial charge in [-0.2, -0.15) is 0 Å². The van der Waals surface area contributed by atoms with E-state index in [1.54, 1.807) is 6.08 Å². The average Bonchev–Trinajstić information content (AvgIpc) is 2.45. The van der Waals surface area contributed by atoms with Gasteiger partial charge in [0.1, 0.15) is 5.41 Å². The Morgan fingerprint density at radius 2 is 1.71 bits per heavy atom. The largest absolute Gasteiger partial charge is 0.481 e. The third kappa shape index (κ3) is 4.28. The van der Waals surface area contributed by atoms with E-state index in [0.29, 0.717) is 25.2 Å². The fraction of sp³-hybridized carbons (Fsp3) is 0.700. The number of carboxylic acids is 2. The maximum Gasteiger partial charge on any atom is 0.315 e. The molecule has 136 valence electrons. The predicted molar refractivity (Wildman–Crippen MR) is 95.8 cm³/mol. The summed E-state index contributed by atoms with van der Waals surface area (Å²) in [4.78, 5) is 24.2. The van der Waals surface area contributed by atoms with E-state index in [9.17, 15) is 19.8 Å². The van der Waals surface area contributed by atoms with Gasteiger partial charge in [-0.15, -0.1) is 0 Å². The summed E-state index contributed by atoms with van der Waals surface area (Å²) in [6.07, 6.45) is 6.82. The van der Waals surface area contributed by atoms with Crippen LogP contribution in [-0.2, 0) is 9.59 Å². The fourth-order valence-corrected chi connectivity index (χ4v) is 3.73. The maximum absolute atomic E-state index is 12.4. The standard InChI is InChI=1S/C20H32O4/c1-6-7-10-20(19(23)24)16(18(21)22)9-8-15(11-13(2)3)17(20)12-14(4)5/h8-9,13-14,16H,6-7,10-12H2,1-5H3,(H,21,22)(H,23,24). The Morgan fingerprint density at radius 1 is 1.12 bits per heavy atom. The van der Waals surface area contributed by atoms with Gasteiger partial charge in [0, 0.05) is 0 Å². The van der Waals surface area contributed by atoms with E-state index in [1.165, 1.54) is 0 Å². The number of hydrogen-bond donors (Lipinski definition) is 2. The molecule has 1 aliphatic rings. The van der Waals surface area contributed by atoms with Crippen molar-refractivity contribution in [2.45, 2.75) is 66.7 Å². The Labute approximate surface area is 145 Å². The minimum absolute atomic E-state index is 0.281. The second kappa shape index (κ2) is 8.50. The van der Waals surface area contributed by atoms with Crippen LogP contribution in [0.4, 0.5) is 0 Å². The molecule has 0 fully saturated rings. The summed E-state index contributed by atoms with van der Waals surface area (Å²) in [6.45, 7) is 10.3. The van der Waals surface area contributed by atoms with Crippen LogP contribution in [0.25, 0.3) is 0 Å². The first-order valence-electron chi connectivity index (χ1n) is 9.03. The van der Waals surface area contributed by atoms with Crippen molar-refractivity contribution in [3.05, 3.63) is 23.3 Å². The van der Waals surface area contributed by atoms with Gasteiger partial charge in [-0.25, -0.2) is 0 Å². The lowest BCUT2D eigenvalue weighted by atomic mass is 9.61. The summed E-state index contributed by atoms with van der Waals surface area (Å²) in [5.74, 6) is -2.36. The van der Waals surface area contributed by atoms with Gasteiger partial charge in [-0.1, -0.05) is 59.6 Å². The molecule has 1 rings (SSSR count). The van der Waals surface area contributed by atoms with Crippen molar-refractivity contribution < 1.29 is 19.8 Å². The molecule has 0 aromatic heterocycles. The lowest BCUT2D eigenvalue weighted by Crippen LogP contribution is -2.45. The Kier molecular flexibility index (Phi) is 7.25. The van der Waals surface area contributed by atoms with Gasteiger partial charge in [0.2, 0.25) is 0 Å². The smallest absolute Gasteiger partial charge is 0.315 e. The molecular weight excluding hydrogens is 304 g/mol. The molecule has 0 bridgehead atoms. The quantitative estimate of drug-likeness (QED) is 0.627. The highest BCUT2D eigenvalue weighted by Gasteiger charge is 2.52. The summed E-state index contributed by atoms with van der Waals surface area (Å²) in [7, 11) is 0. The second-order valence-electron chi connectivity index (χ2n) is 7.75. The second-order valence-corrected chi connectivity index (χ2v) is 7.75. The highest BCUT2D eigenvalue weighted by atomic mass is 16.4. The van der Waals surface area contributed by atoms with E-state index in [-0.39, 0.29) is 5.92 Å². The molecule has 4 heteroatoms. The number of unbranched alkanes of at least 4 members (excludes halogenated alkanes) is 1. The molecule has 0 heterocycles. The predicted octanol–water partition coefficient (Wildman–Crippen LogP) is 4.91. The van der Waals surface area contributed by atoms with E-state index in [0.717, 1.165) is 24.0 Å². The Hall–Kier alpha value is -1.58. The van der Waals surface area contributed by atoms with E-state index in [2.05, 4.69) is 27.7 Å². The van der Waals surface area contributed by atoms with Gasteiger partial charge in [-0.3, -0.25) is 9.59 Å². The van der Waals surface area contributed by atoms with Gasteiger partial charge < -0.3 is 10.2 Å². The van der Waals surface area contributed by atoms with Crippen LogP contribution in [0.1, 0.15) is 66.7 Å².